The van der Waals surface area contributed by atoms with Gasteiger partial charge in [0.1, 0.15) is 5.75 Å². The Bertz CT molecular complexity index is 920. The molecular formula is C18H16Cl2N2O3. The van der Waals surface area contributed by atoms with E-state index in [1.807, 2.05) is 31.2 Å². The first-order chi connectivity index (χ1) is 12.0. The SMILES string of the molecule is Cc1ccc(OCCCn2c(O)c(N=O)c3cc(Cl)cc(Cl)c32)cc1. The molecule has 130 valence electrons. The zero-order valence-electron chi connectivity index (χ0n) is 13.5. The molecule has 0 fully saturated rings. The number of nitroso groups, excluding NO2 is 1. The molecule has 3 rings (SSSR count). The van der Waals surface area contributed by atoms with Gasteiger partial charge in [0.25, 0.3) is 0 Å². The lowest BCUT2D eigenvalue weighted by Gasteiger charge is -2.10. The van der Waals surface area contributed by atoms with Crippen molar-refractivity contribution in [2.24, 2.45) is 5.18 Å². The number of aryl methyl sites for hydroxylation is 2. The first-order valence-corrected chi connectivity index (χ1v) is 8.50. The van der Waals surface area contributed by atoms with Gasteiger partial charge in [0.05, 0.1) is 17.1 Å². The first kappa shape index (κ1) is 17.6. The van der Waals surface area contributed by atoms with Crippen molar-refractivity contribution in [1.82, 2.24) is 4.57 Å². The quantitative estimate of drug-likeness (QED) is 0.433. The molecule has 0 aliphatic carbocycles. The number of rotatable bonds is 6. The Morgan fingerprint density at radius 3 is 2.60 bits per heavy atom. The molecule has 0 aliphatic rings. The van der Waals surface area contributed by atoms with E-state index in [-0.39, 0.29) is 11.6 Å². The van der Waals surface area contributed by atoms with Gasteiger partial charge in [-0.15, -0.1) is 4.91 Å². The average Bonchev–Trinajstić information content (AvgIpc) is 2.84. The lowest BCUT2D eigenvalue weighted by Crippen LogP contribution is -2.04. The number of fused-ring (bicyclic) bond motifs is 1. The largest absolute Gasteiger partial charge is 0.494 e. The van der Waals surface area contributed by atoms with Gasteiger partial charge in [-0.2, -0.15) is 0 Å². The number of hydrogen-bond donors (Lipinski definition) is 1. The van der Waals surface area contributed by atoms with Gasteiger partial charge < -0.3 is 14.4 Å². The van der Waals surface area contributed by atoms with E-state index in [0.717, 1.165) is 5.75 Å². The van der Waals surface area contributed by atoms with Crippen LogP contribution in [0.3, 0.4) is 0 Å². The second kappa shape index (κ2) is 7.33. The highest BCUT2D eigenvalue weighted by Crippen LogP contribution is 2.42. The fraction of sp³-hybridized carbons (Fsp3) is 0.222. The summed E-state index contributed by atoms with van der Waals surface area (Å²) < 4.78 is 7.24. The minimum Gasteiger partial charge on any atom is -0.494 e. The fourth-order valence-electron chi connectivity index (χ4n) is 2.73. The third kappa shape index (κ3) is 3.57. The molecule has 1 N–H and O–H groups in total. The Morgan fingerprint density at radius 2 is 1.92 bits per heavy atom. The maximum absolute atomic E-state index is 11.1. The predicted octanol–water partition coefficient (Wildman–Crippen LogP) is 5.83. The number of hydrogen-bond acceptors (Lipinski definition) is 4. The number of aromatic nitrogens is 1. The molecule has 0 saturated carbocycles. The number of benzene rings is 2. The summed E-state index contributed by atoms with van der Waals surface area (Å²) in [5.41, 5.74) is 1.64. The zero-order chi connectivity index (χ0) is 18.0. The van der Waals surface area contributed by atoms with Gasteiger partial charge in [0, 0.05) is 17.0 Å². The van der Waals surface area contributed by atoms with Crippen LogP contribution in [-0.2, 0) is 6.54 Å². The molecule has 7 heteroatoms. The van der Waals surface area contributed by atoms with Crippen molar-refractivity contribution in [2.45, 2.75) is 19.9 Å². The summed E-state index contributed by atoms with van der Waals surface area (Å²) in [5.74, 6) is 0.566. The molecule has 0 atom stereocenters. The third-order valence-electron chi connectivity index (χ3n) is 3.93. The van der Waals surface area contributed by atoms with Crippen molar-refractivity contribution in [3.63, 3.8) is 0 Å². The van der Waals surface area contributed by atoms with Crippen LogP contribution >= 0.6 is 23.2 Å². The van der Waals surface area contributed by atoms with Gasteiger partial charge in [-0.3, -0.25) is 0 Å². The second-order valence-corrected chi connectivity index (χ2v) is 6.56. The van der Waals surface area contributed by atoms with Crippen LogP contribution in [0.2, 0.25) is 10.0 Å². The van der Waals surface area contributed by atoms with Gasteiger partial charge in [-0.1, -0.05) is 40.9 Å². The standard InChI is InChI=1S/C18H16Cl2N2O3/c1-11-3-5-13(6-4-11)25-8-2-7-22-17-14(16(21-24)18(22)23)9-12(19)10-15(17)20/h3-6,9-10,23H,2,7-8H2,1H3. The summed E-state index contributed by atoms with van der Waals surface area (Å²) in [6.07, 6.45) is 0.614. The van der Waals surface area contributed by atoms with Crippen LogP contribution in [-0.4, -0.2) is 16.3 Å². The molecule has 1 aromatic heterocycles. The lowest BCUT2D eigenvalue weighted by atomic mass is 10.2. The molecule has 2 aromatic carbocycles. The van der Waals surface area contributed by atoms with Crippen LogP contribution in [0.1, 0.15) is 12.0 Å². The van der Waals surface area contributed by atoms with Crippen molar-refractivity contribution in [1.29, 1.82) is 0 Å². The Labute approximate surface area is 154 Å². The van der Waals surface area contributed by atoms with Gasteiger partial charge in [-0.25, -0.2) is 0 Å². The molecule has 0 radical (unpaired) electrons. The number of halogens is 2. The molecule has 0 unspecified atom stereocenters. The maximum atomic E-state index is 11.1. The predicted molar refractivity (Wildman–Crippen MR) is 100 cm³/mol. The Balaban J connectivity index is 1.78. The lowest BCUT2D eigenvalue weighted by molar-refractivity contribution is 0.298. The molecule has 0 bridgehead atoms. The van der Waals surface area contributed by atoms with Crippen LogP contribution in [0, 0.1) is 11.8 Å². The first-order valence-electron chi connectivity index (χ1n) is 7.74. The third-order valence-corrected chi connectivity index (χ3v) is 4.43. The van der Waals surface area contributed by atoms with Crippen molar-refractivity contribution in [2.75, 3.05) is 6.61 Å². The van der Waals surface area contributed by atoms with E-state index >= 15 is 0 Å². The highest BCUT2D eigenvalue weighted by atomic mass is 35.5. The molecule has 5 nitrogen and oxygen atoms in total. The molecule has 25 heavy (non-hydrogen) atoms. The van der Waals surface area contributed by atoms with Crippen LogP contribution in [0.5, 0.6) is 11.6 Å². The summed E-state index contributed by atoms with van der Waals surface area (Å²) in [7, 11) is 0. The molecule has 0 saturated heterocycles. The van der Waals surface area contributed by atoms with E-state index in [1.54, 1.807) is 16.7 Å². The monoisotopic (exact) mass is 378 g/mol. The van der Waals surface area contributed by atoms with Gasteiger partial charge in [0.2, 0.25) is 5.88 Å². The van der Waals surface area contributed by atoms with E-state index in [2.05, 4.69) is 5.18 Å². The minimum atomic E-state index is -0.218. The fourth-order valence-corrected chi connectivity index (χ4v) is 3.33. The number of nitrogens with zero attached hydrogens (tertiary/aromatic N) is 2. The van der Waals surface area contributed by atoms with E-state index in [4.69, 9.17) is 27.9 Å². The Morgan fingerprint density at radius 1 is 1.20 bits per heavy atom. The van der Waals surface area contributed by atoms with Crippen molar-refractivity contribution >= 4 is 39.8 Å². The molecule has 0 aliphatic heterocycles. The van der Waals surface area contributed by atoms with Crippen LogP contribution in [0.4, 0.5) is 5.69 Å². The summed E-state index contributed by atoms with van der Waals surface area (Å²) in [4.78, 5) is 11.1. The van der Waals surface area contributed by atoms with Crippen LogP contribution < -0.4 is 4.74 Å². The molecule has 1 heterocycles. The summed E-state index contributed by atoms with van der Waals surface area (Å²) in [5, 5.41) is 14.4. The van der Waals surface area contributed by atoms with Crippen molar-refractivity contribution < 1.29 is 9.84 Å². The van der Waals surface area contributed by atoms with E-state index in [0.29, 0.717) is 40.5 Å². The highest BCUT2D eigenvalue weighted by molar-refractivity contribution is 6.39. The summed E-state index contributed by atoms with van der Waals surface area (Å²) in [6.45, 7) is 2.89. The van der Waals surface area contributed by atoms with E-state index < -0.39 is 0 Å². The smallest absolute Gasteiger partial charge is 0.222 e. The van der Waals surface area contributed by atoms with Crippen molar-refractivity contribution in [3.05, 3.63) is 56.9 Å². The maximum Gasteiger partial charge on any atom is 0.222 e. The van der Waals surface area contributed by atoms with Gasteiger partial charge >= 0.3 is 0 Å². The Hall–Kier alpha value is -2.24. The summed E-state index contributed by atoms with van der Waals surface area (Å²) in [6, 6.07) is 10.9. The van der Waals surface area contributed by atoms with E-state index in [9.17, 15) is 10.0 Å². The average molecular weight is 379 g/mol. The zero-order valence-corrected chi connectivity index (χ0v) is 15.0. The Kier molecular flexibility index (Phi) is 5.16. The summed E-state index contributed by atoms with van der Waals surface area (Å²) >= 11 is 12.2. The van der Waals surface area contributed by atoms with E-state index in [1.165, 1.54) is 5.56 Å². The van der Waals surface area contributed by atoms with Crippen molar-refractivity contribution in [3.8, 4) is 11.6 Å². The highest BCUT2D eigenvalue weighted by Gasteiger charge is 2.20. The molecule has 0 amide bonds. The molecule has 3 aromatic rings. The minimum absolute atomic E-state index is 0.0566. The molecular weight excluding hydrogens is 363 g/mol. The van der Waals surface area contributed by atoms with Gasteiger partial charge in [-0.05, 0) is 42.8 Å². The van der Waals surface area contributed by atoms with Crippen LogP contribution in [0.25, 0.3) is 10.9 Å². The number of aromatic hydroxyl groups is 1. The van der Waals surface area contributed by atoms with Crippen LogP contribution in [0.15, 0.2) is 41.6 Å². The topological polar surface area (TPSA) is 63.8 Å². The van der Waals surface area contributed by atoms with Gasteiger partial charge in [0.15, 0.2) is 5.69 Å². The normalized spacial score (nSPS) is 11.0. The number of ether oxygens (including phenoxy) is 1. The molecule has 0 spiro atoms. The second-order valence-electron chi connectivity index (χ2n) is 5.71.